The normalized spacial score (nSPS) is 15.2. The van der Waals surface area contributed by atoms with Gasteiger partial charge in [-0.1, -0.05) is 30.3 Å². The molecule has 0 aliphatic carbocycles. The van der Waals surface area contributed by atoms with Crippen molar-refractivity contribution in [2.75, 3.05) is 63.1 Å². The van der Waals surface area contributed by atoms with E-state index in [2.05, 4.69) is 35.4 Å². The molecule has 2 fully saturated rings. The molecule has 2 aliphatic rings. The summed E-state index contributed by atoms with van der Waals surface area (Å²) in [6.07, 6.45) is 4.89. The Kier molecular flexibility index (Phi) is 9.67. The SMILES string of the molecule is O=C(Nc1cc(OCCN2CCCC2)c2ccccc2n1)c1cccc(C(=O)Nc2cc(OCCN3CCCC3)c3ccccc3n2)n1. The number of anilines is 2. The molecule has 2 N–H and O–H groups in total. The fourth-order valence-corrected chi connectivity index (χ4v) is 6.28. The molecule has 0 radical (unpaired) electrons. The van der Waals surface area contributed by atoms with Gasteiger partial charge in [0.1, 0.15) is 47.7 Å². The predicted octanol–water partition coefficient (Wildman–Crippen LogP) is 5.63. The van der Waals surface area contributed by atoms with Crippen LogP contribution in [0.4, 0.5) is 11.6 Å². The van der Waals surface area contributed by atoms with Gasteiger partial charge in [-0.25, -0.2) is 15.0 Å². The number of para-hydroxylation sites is 2. The number of amides is 2. The number of likely N-dealkylation sites (tertiary alicyclic amines) is 2. The summed E-state index contributed by atoms with van der Waals surface area (Å²) in [5.74, 6) is 0.992. The van der Waals surface area contributed by atoms with Gasteiger partial charge < -0.3 is 20.1 Å². The molecule has 0 spiro atoms. The van der Waals surface area contributed by atoms with Crippen molar-refractivity contribution in [2.24, 2.45) is 0 Å². The monoisotopic (exact) mass is 645 g/mol. The third kappa shape index (κ3) is 7.53. The van der Waals surface area contributed by atoms with Crippen molar-refractivity contribution in [3.8, 4) is 11.5 Å². The van der Waals surface area contributed by atoms with Crippen LogP contribution in [0.25, 0.3) is 21.8 Å². The van der Waals surface area contributed by atoms with Gasteiger partial charge in [-0.3, -0.25) is 19.4 Å². The summed E-state index contributed by atoms with van der Waals surface area (Å²) < 4.78 is 12.4. The zero-order chi connectivity index (χ0) is 32.7. The van der Waals surface area contributed by atoms with Crippen molar-refractivity contribution in [3.05, 3.63) is 90.3 Å². The number of hydrogen-bond donors (Lipinski definition) is 2. The number of aromatic nitrogens is 3. The van der Waals surface area contributed by atoms with Gasteiger partial charge in [0.15, 0.2) is 0 Å². The van der Waals surface area contributed by atoms with Crippen molar-refractivity contribution in [1.29, 1.82) is 0 Å². The molecule has 11 heteroatoms. The lowest BCUT2D eigenvalue weighted by Gasteiger charge is -2.16. The van der Waals surface area contributed by atoms with Gasteiger partial charge in [0.05, 0.1) is 11.0 Å². The fraction of sp³-hybridized carbons (Fsp3) is 0.324. The smallest absolute Gasteiger partial charge is 0.275 e. The van der Waals surface area contributed by atoms with Gasteiger partial charge in [0.25, 0.3) is 11.8 Å². The second kappa shape index (κ2) is 14.7. The van der Waals surface area contributed by atoms with Gasteiger partial charge in [0.2, 0.25) is 0 Å². The number of hydrogen-bond acceptors (Lipinski definition) is 9. The van der Waals surface area contributed by atoms with Crippen molar-refractivity contribution in [2.45, 2.75) is 25.7 Å². The van der Waals surface area contributed by atoms with E-state index in [9.17, 15) is 9.59 Å². The van der Waals surface area contributed by atoms with Crippen LogP contribution in [0.5, 0.6) is 11.5 Å². The molecular weight excluding hydrogens is 606 g/mol. The third-order valence-electron chi connectivity index (χ3n) is 8.78. The Morgan fingerprint density at radius 1 is 0.583 bits per heavy atom. The van der Waals surface area contributed by atoms with Crippen LogP contribution in [0.3, 0.4) is 0 Å². The van der Waals surface area contributed by atoms with E-state index < -0.39 is 11.8 Å². The number of pyridine rings is 3. The molecule has 5 heterocycles. The van der Waals surface area contributed by atoms with Gasteiger partial charge >= 0.3 is 0 Å². The maximum absolute atomic E-state index is 13.3. The third-order valence-corrected chi connectivity index (χ3v) is 8.78. The number of carbonyl (C=O) groups is 2. The molecule has 5 aromatic rings. The lowest BCUT2D eigenvalue weighted by atomic mass is 10.2. The first kappa shape index (κ1) is 31.5. The standard InChI is InChI=1S/C37H39N7O4/c45-36(41-34-24-32(26-10-1-3-12-28(26)39-34)47-22-20-43-16-5-6-17-43)30-14-9-15-31(38-30)37(46)42-35-25-33(27-11-2-4-13-29(27)40-35)48-23-21-44-18-7-8-19-44/h1-4,9-15,24-25H,5-8,16-23H2,(H,39,41,45)(H,40,42,46). The van der Waals surface area contributed by atoms with E-state index in [1.165, 1.54) is 25.7 Å². The van der Waals surface area contributed by atoms with Gasteiger partial charge in [0, 0.05) is 36.0 Å². The summed E-state index contributed by atoms with van der Waals surface area (Å²) in [6.45, 7) is 7.16. The fourth-order valence-electron chi connectivity index (χ4n) is 6.28. The number of rotatable bonds is 12. The second-order valence-corrected chi connectivity index (χ2v) is 12.2. The maximum atomic E-state index is 13.3. The number of carbonyl (C=O) groups excluding carboxylic acids is 2. The second-order valence-electron chi connectivity index (χ2n) is 12.2. The van der Waals surface area contributed by atoms with Gasteiger partial charge in [-0.05, 0) is 88.3 Å². The minimum Gasteiger partial charge on any atom is -0.491 e. The first-order chi connectivity index (χ1) is 23.6. The molecule has 0 bridgehead atoms. The Bertz CT molecular complexity index is 1790. The first-order valence-corrected chi connectivity index (χ1v) is 16.7. The number of benzene rings is 2. The quantitative estimate of drug-likeness (QED) is 0.178. The summed E-state index contributed by atoms with van der Waals surface area (Å²) in [5.41, 5.74) is 1.56. The molecule has 0 saturated carbocycles. The van der Waals surface area contributed by atoms with E-state index >= 15 is 0 Å². The Morgan fingerprint density at radius 2 is 1.02 bits per heavy atom. The Hall–Kier alpha value is -5.13. The van der Waals surface area contributed by atoms with E-state index in [-0.39, 0.29) is 11.4 Å². The Labute approximate surface area is 279 Å². The molecule has 7 rings (SSSR count). The van der Waals surface area contributed by atoms with Gasteiger partial charge in [-0.2, -0.15) is 0 Å². The zero-order valence-electron chi connectivity index (χ0n) is 26.9. The number of fused-ring (bicyclic) bond motifs is 2. The summed E-state index contributed by atoms with van der Waals surface area (Å²) in [5, 5.41) is 7.42. The largest absolute Gasteiger partial charge is 0.491 e. The lowest BCUT2D eigenvalue weighted by molar-refractivity contribution is 0.101. The molecular formula is C37H39N7O4. The van der Waals surface area contributed by atoms with E-state index in [0.29, 0.717) is 47.4 Å². The van der Waals surface area contributed by atoms with Crippen molar-refractivity contribution in [3.63, 3.8) is 0 Å². The van der Waals surface area contributed by atoms with E-state index in [0.717, 1.165) is 50.0 Å². The van der Waals surface area contributed by atoms with Crippen LogP contribution < -0.4 is 20.1 Å². The van der Waals surface area contributed by atoms with Crippen LogP contribution in [0, 0.1) is 0 Å². The highest BCUT2D eigenvalue weighted by atomic mass is 16.5. The Morgan fingerprint density at radius 3 is 1.48 bits per heavy atom. The van der Waals surface area contributed by atoms with Gasteiger partial charge in [-0.15, -0.1) is 0 Å². The van der Waals surface area contributed by atoms with Crippen LogP contribution in [-0.4, -0.2) is 89.0 Å². The van der Waals surface area contributed by atoms with E-state index in [1.54, 1.807) is 30.3 Å². The highest BCUT2D eigenvalue weighted by molar-refractivity contribution is 6.06. The lowest BCUT2D eigenvalue weighted by Crippen LogP contribution is -2.25. The zero-order valence-corrected chi connectivity index (χ0v) is 26.9. The van der Waals surface area contributed by atoms with E-state index in [1.807, 2.05) is 48.5 Å². The summed E-state index contributed by atoms with van der Waals surface area (Å²) in [7, 11) is 0. The predicted molar refractivity (Wildman–Crippen MR) is 186 cm³/mol. The minimum absolute atomic E-state index is 0.0755. The Balaban J connectivity index is 1.04. The molecule has 48 heavy (non-hydrogen) atoms. The average Bonchev–Trinajstić information content (AvgIpc) is 3.83. The van der Waals surface area contributed by atoms with E-state index in [4.69, 9.17) is 9.47 Å². The van der Waals surface area contributed by atoms with Crippen molar-refractivity contribution in [1.82, 2.24) is 24.8 Å². The molecule has 0 unspecified atom stereocenters. The van der Waals surface area contributed by atoms with Crippen molar-refractivity contribution < 1.29 is 19.1 Å². The first-order valence-electron chi connectivity index (χ1n) is 16.7. The molecule has 2 saturated heterocycles. The molecule has 2 aliphatic heterocycles. The summed E-state index contributed by atoms with van der Waals surface area (Å²) >= 11 is 0. The van der Waals surface area contributed by atoms with Crippen LogP contribution in [0.1, 0.15) is 46.7 Å². The molecule has 2 aromatic carbocycles. The molecule has 0 atom stereocenters. The number of ether oxygens (including phenoxy) is 2. The molecule has 3 aromatic heterocycles. The number of nitrogens with zero attached hydrogens (tertiary/aromatic N) is 5. The van der Waals surface area contributed by atoms with Crippen molar-refractivity contribution >= 4 is 45.3 Å². The molecule has 11 nitrogen and oxygen atoms in total. The highest BCUT2D eigenvalue weighted by Crippen LogP contribution is 2.29. The highest BCUT2D eigenvalue weighted by Gasteiger charge is 2.18. The molecule has 246 valence electrons. The maximum Gasteiger partial charge on any atom is 0.275 e. The number of nitrogens with one attached hydrogen (secondary N) is 2. The van der Waals surface area contributed by atoms with Crippen LogP contribution >= 0.6 is 0 Å². The minimum atomic E-state index is -0.493. The van der Waals surface area contributed by atoms with Crippen LogP contribution in [-0.2, 0) is 0 Å². The summed E-state index contributed by atoms with van der Waals surface area (Å²) in [4.78, 5) is 45.1. The average molecular weight is 646 g/mol. The van der Waals surface area contributed by atoms with Crippen LogP contribution in [0.15, 0.2) is 78.9 Å². The molecule has 2 amide bonds. The van der Waals surface area contributed by atoms with Crippen LogP contribution in [0.2, 0.25) is 0 Å². The summed E-state index contributed by atoms with van der Waals surface area (Å²) in [6, 6.07) is 23.5. The topological polar surface area (TPSA) is 122 Å².